The van der Waals surface area contributed by atoms with Crippen LogP contribution in [-0.4, -0.2) is 27.1 Å². The number of carbonyl (C=O) groups is 1. The van der Waals surface area contributed by atoms with Gasteiger partial charge in [-0.05, 0) is 50.2 Å². The quantitative estimate of drug-likeness (QED) is 0.762. The lowest BCUT2D eigenvalue weighted by molar-refractivity contribution is -0.0509. The summed E-state index contributed by atoms with van der Waals surface area (Å²) in [6.45, 7) is 4.09. The van der Waals surface area contributed by atoms with E-state index in [1.807, 2.05) is 19.9 Å². The van der Waals surface area contributed by atoms with Crippen LogP contribution in [-0.2, 0) is 14.8 Å². The molecule has 3 rings (SSSR count). The first-order valence-corrected chi connectivity index (χ1v) is 9.87. The molecular weight excluding hydrogens is 368 g/mol. The van der Waals surface area contributed by atoms with Crippen LogP contribution >= 0.6 is 0 Å². The van der Waals surface area contributed by atoms with Gasteiger partial charge >= 0.3 is 0 Å². The smallest absolute Gasteiger partial charge is 0.238 e. The summed E-state index contributed by atoms with van der Waals surface area (Å²) in [6, 6.07) is 11.3. The highest BCUT2D eigenvalue weighted by Gasteiger charge is 2.32. The number of sulfonamides is 1. The zero-order valence-electron chi connectivity index (χ0n) is 14.9. The van der Waals surface area contributed by atoms with E-state index in [4.69, 9.17) is 14.6 Å². The minimum atomic E-state index is -3.75. The van der Waals surface area contributed by atoms with E-state index in [0.29, 0.717) is 29.2 Å². The van der Waals surface area contributed by atoms with Gasteiger partial charge in [0.05, 0.1) is 16.0 Å². The Kier molecular flexibility index (Phi) is 5.31. The second-order valence-electron chi connectivity index (χ2n) is 6.05. The Balaban J connectivity index is 1.89. The van der Waals surface area contributed by atoms with Crippen LogP contribution in [0, 0.1) is 6.92 Å². The van der Waals surface area contributed by atoms with Gasteiger partial charge in [-0.25, -0.2) is 13.6 Å². The van der Waals surface area contributed by atoms with Gasteiger partial charge < -0.3 is 14.8 Å². The SMILES string of the molecule is CCOC1Oc2ccc(C)cc2C(=O)/C1=C\Nc1ccc(S(N)(=O)=O)cc1. The predicted octanol–water partition coefficient (Wildman–Crippen LogP) is 2.58. The highest BCUT2D eigenvalue weighted by molar-refractivity contribution is 7.89. The number of aryl methyl sites for hydroxylation is 1. The number of benzene rings is 2. The molecule has 0 radical (unpaired) electrons. The molecular formula is C19H20N2O5S. The summed E-state index contributed by atoms with van der Waals surface area (Å²) in [7, 11) is -3.75. The Morgan fingerprint density at radius 2 is 1.93 bits per heavy atom. The van der Waals surface area contributed by atoms with Gasteiger partial charge in [-0.1, -0.05) is 11.6 Å². The maximum atomic E-state index is 12.9. The first-order chi connectivity index (χ1) is 12.8. The molecule has 2 aromatic carbocycles. The van der Waals surface area contributed by atoms with Crippen LogP contribution in [0.1, 0.15) is 22.8 Å². The number of ether oxygens (including phenoxy) is 2. The summed E-state index contributed by atoms with van der Waals surface area (Å²) in [6.07, 6.45) is 0.689. The van der Waals surface area contributed by atoms with Crippen molar-refractivity contribution in [3.63, 3.8) is 0 Å². The number of carbonyl (C=O) groups excluding carboxylic acids is 1. The molecule has 142 valence electrons. The Morgan fingerprint density at radius 3 is 2.56 bits per heavy atom. The van der Waals surface area contributed by atoms with Crippen LogP contribution in [0.25, 0.3) is 0 Å². The Hall–Kier alpha value is -2.68. The molecule has 0 spiro atoms. The van der Waals surface area contributed by atoms with Crippen LogP contribution in [0.4, 0.5) is 5.69 Å². The standard InChI is InChI=1S/C19H20N2O5S/c1-3-25-19-16(18(22)15-10-12(2)4-9-17(15)26-19)11-21-13-5-7-14(8-6-13)27(20,23)24/h4-11,19,21H,3H2,1-2H3,(H2,20,23,24)/b16-11+. The fourth-order valence-corrected chi connectivity index (χ4v) is 3.19. The van der Waals surface area contributed by atoms with Crippen molar-refractivity contribution >= 4 is 21.5 Å². The Labute approximate surface area is 157 Å². The highest BCUT2D eigenvalue weighted by atomic mass is 32.2. The maximum absolute atomic E-state index is 12.9. The van der Waals surface area contributed by atoms with E-state index in [0.717, 1.165) is 5.56 Å². The zero-order chi connectivity index (χ0) is 19.6. The van der Waals surface area contributed by atoms with Crippen LogP contribution < -0.4 is 15.2 Å². The number of rotatable bonds is 5. The molecule has 0 aliphatic carbocycles. The number of hydrogen-bond acceptors (Lipinski definition) is 6. The van der Waals surface area contributed by atoms with Gasteiger partial charge in [0.15, 0.2) is 5.78 Å². The van der Waals surface area contributed by atoms with E-state index in [9.17, 15) is 13.2 Å². The monoisotopic (exact) mass is 388 g/mol. The minimum Gasteiger partial charge on any atom is -0.460 e. The molecule has 1 aliphatic rings. The van der Waals surface area contributed by atoms with Gasteiger partial charge in [0.1, 0.15) is 5.75 Å². The van der Waals surface area contributed by atoms with E-state index in [1.54, 1.807) is 24.3 Å². The molecule has 1 atom stereocenters. The lowest BCUT2D eigenvalue weighted by atomic mass is 9.98. The van der Waals surface area contributed by atoms with Gasteiger partial charge in [0.2, 0.25) is 16.3 Å². The third kappa shape index (κ3) is 4.19. The Bertz CT molecular complexity index is 997. The number of primary sulfonamides is 1. The third-order valence-corrected chi connectivity index (χ3v) is 4.95. The van der Waals surface area contributed by atoms with E-state index in [2.05, 4.69) is 5.32 Å². The third-order valence-electron chi connectivity index (χ3n) is 4.03. The molecule has 8 heteroatoms. The summed E-state index contributed by atoms with van der Waals surface area (Å²) >= 11 is 0. The van der Waals surface area contributed by atoms with Gasteiger partial charge in [-0.3, -0.25) is 4.79 Å². The normalized spacial score (nSPS) is 18.1. The molecule has 2 aromatic rings. The summed E-state index contributed by atoms with van der Waals surface area (Å²) < 4.78 is 34.0. The fraction of sp³-hybridized carbons (Fsp3) is 0.211. The lowest BCUT2D eigenvalue weighted by Gasteiger charge is -2.27. The molecule has 0 amide bonds. The van der Waals surface area contributed by atoms with Crippen LogP contribution in [0.3, 0.4) is 0 Å². The number of anilines is 1. The van der Waals surface area contributed by atoms with Crippen molar-refractivity contribution in [3.8, 4) is 5.75 Å². The number of Topliss-reactive ketones (excluding diaryl/α,β-unsaturated/α-hetero) is 1. The van der Waals surface area contributed by atoms with Crippen molar-refractivity contribution in [1.82, 2.24) is 0 Å². The van der Waals surface area contributed by atoms with Gasteiger partial charge in [-0.15, -0.1) is 0 Å². The van der Waals surface area contributed by atoms with Crippen molar-refractivity contribution in [2.45, 2.75) is 25.0 Å². The zero-order valence-corrected chi connectivity index (χ0v) is 15.7. The second kappa shape index (κ2) is 7.51. The second-order valence-corrected chi connectivity index (χ2v) is 7.61. The maximum Gasteiger partial charge on any atom is 0.238 e. The first kappa shape index (κ1) is 19.1. The van der Waals surface area contributed by atoms with Crippen molar-refractivity contribution in [3.05, 3.63) is 65.4 Å². The molecule has 27 heavy (non-hydrogen) atoms. The molecule has 1 aliphatic heterocycles. The van der Waals surface area contributed by atoms with Crippen LogP contribution in [0.5, 0.6) is 5.75 Å². The largest absolute Gasteiger partial charge is 0.460 e. The van der Waals surface area contributed by atoms with E-state index < -0.39 is 16.3 Å². The minimum absolute atomic E-state index is 0.00868. The van der Waals surface area contributed by atoms with Crippen molar-refractivity contribution in [2.75, 3.05) is 11.9 Å². The molecule has 7 nitrogen and oxygen atoms in total. The van der Waals surface area contributed by atoms with Crippen molar-refractivity contribution in [1.29, 1.82) is 0 Å². The number of ketones is 1. The van der Waals surface area contributed by atoms with Gasteiger partial charge in [0.25, 0.3) is 0 Å². The van der Waals surface area contributed by atoms with Crippen molar-refractivity contribution < 1.29 is 22.7 Å². The predicted molar refractivity (Wildman–Crippen MR) is 101 cm³/mol. The molecule has 1 unspecified atom stereocenters. The van der Waals surface area contributed by atoms with Crippen molar-refractivity contribution in [2.24, 2.45) is 5.14 Å². The molecule has 3 N–H and O–H groups in total. The fourth-order valence-electron chi connectivity index (χ4n) is 2.68. The van der Waals surface area contributed by atoms with Crippen LogP contribution in [0.2, 0.25) is 0 Å². The molecule has 0 aromatic heterocycles. The van der Waals surface area contributed by atoms with Crippen LogP contribution in [0.15, 0.2) is 59.1 Å². The average Bonchev–Trinajstić information content (AvgIpc) is 2.62. The Morgan fingerprint density at radius 1 is 1.22 bits per heavy atom. The number of hydrogen-bond donors (Lipinski definition) is 2. The number of nitrogens with two attached hydrogens (primary N) is 1. The van der Waals surface area contributed by atoms with E-state index in [1.165, 1.54) is 18.3 Å². The number of fused-ring (bicyclic) bond motifs is 1. The average molecular weight is 388 g/mol. The summed E-state index contributed by atoms with van der Waals surface area (Å²) in [5.41, 5.74) is 2.34. The first-order valence-electron chi connectivity index (χ1n) is 8.32. The molecule has 0 saturated heterocycles. The van der Waals surface area contributed by atoms with Gasteiger partial charge in [0, 0.05) is 18.5 Å². The summed E-state index contributed by atoms with van der Waals surface area (Å²) in [5, 5.41) is 8.07. The van der Waals surface area contributed by atoms with Gasteiger partial charge in [-0.2, -0.15) is 0 Å². The molecule has 0 fully saturated rings. The van der Waals surface area contributed by atoms with E-state index >= 15 is 0 Å². The topological polar surface area (TPSA) is 108 Å². The summed E-state index contributed by atoms with van der Waals surface area (Å²) in [5.74, 6) is 0.297. The summed E-state index contributed by atoms with van der Waals surface area (Å²) in [4.78, 5) is 12.9. The lowest BCUT2D eigenvalue weighted by Crippen LogP contribution is -2.33. The molecule has 0 bridgehead atoms. The van der Waals surface area contributed by atoms with E-state index in [-0.39, 0.29) is 10.7 Å². The molecule has 1 heterocycles. The highest BCUT2D eigenvalue weighted by Crippen LogP contribution is 2.32. The molecule has 0 saturated carbocycles. The number of nitrogens with one attached hydrogen (secondary N) is 1.